The van der Waals surface area contributed by atoms with Crippen molar-refractivity contribution in [3.63, 3.8) is 0 Å². The van der Waals surface area contributed by atoms with E-state index >= 15 is 0 Å². The molecule has 0 aromatic heterocycles. The first-order chi connectivity index (χ1) is 13.3. The highest BCUT2D eigenvalue weighted by Crippen LogP contribution is 2.30. The summed E-state index contributed by atoms with van der Waals surface area (Å²) in [5, 5.41) is 2.80. The van der Waals surface area contributed by atoms with E-state index in [0.29, 0.717) is 24.5 Å². The van der Waals surface area contributed by atoms with Crippen LogP contribution in [0.4, 0.5) is 5.69 Å². The number of carbonyl (C=O) groups is 1. The first-order valence-electron chi connectivity index (χ1n) is 9.36. The van der Waals surface area contributed by atoms with Crippen LogP contribution in [0.5, 0.6) is 5.75 Å². The van der Waals surface area contributed by atoms with Gasteiger partial charge in [-0.05, 0) is 29.7 Å². The van der Waals surface area contributed by atoms with Gasteiger partial charge in [0.1, 0.15) is 5.75 Å². The molecule has 152 valence electrons. The second-order valence-electron chi connectivity index (χ2n) is 6.52. The average molecular weight is 405 g/mol. The molecule has 1 atom stereocenters. The van der Waals surface area contributed by atoms with Crippen molar-refractivity contribution < 1.29 is 17.9 Å². The Morgan fingerprint density at radius 3 is 2.32 bits per heavy atom. The van der Waals surface area contributed by atoms with E-state index in [1.54, 1.807) is 19.9 Å². The number of sulfonamides is 1. The Morgan fingerprint density at radius 2 is 1.75 bits per heavy atom. The standard InChI is InChI=1S/C21H28N2O4S/c1-5-23(6-2)28(25,26)18-12-13-20(27-4)19(15-18)22-21(24)14-16(3)17-10-8-7-9-11-17/h7-13,15-16H,5-6,14H2,1-4H3,(H,22,24)/t16-/m0/s1. The molecule has 0 radical (unpaired) electrons. The number of hydrogen-bond acceptors (Lipinski definition) is 4. The molecule has 0 spiro atoms. The maximum Gasteiger partial charge on any atom is 0.243 e. The molecule has 0 unspecified atom stereocenters. The van der Waals surface area contributed by atoms with Gasteiger partial charge in [0.2, 0.25) is 15.9 Å². The molecule has 0 saturated carbocycles. The lowest BCUT2D eigenvalue weighted by Crippen LogP contribution is -2.30. The van der Waals surface area contributed by atoms with Crippen LogP contribution in [0.2, 0.25) is 0 Å². The van der Waals surface area contributed by atoms with Crippen LogP contribution in [0.1, 0.15) is 38.7 Å². The third kappa shape index (κ3) is 5.11. The molecular weight excluding hydrogens is 376 g/mol. The normalized spacial score (nSPS) is 12.6. The number of benzene rings is 2. The number of methoxy groups -OCH3 is 1. The van der Waals surface area contributed by atoms with Crippen molar-refractivity contribution in [2.75, 3.05) is 25.5 Å². The highest BCUT2D eigenvalue weighted by molar-refractivity contribution is 7.89. The van der Waals surface area contributed by atoms with Crippen LogP contribution in [-0.2, 0) is 14.8 Å². The van der Waals surface area contributed by atoms with E-state index in [1.807, 2.05) is 37.3 Å². The lowest BCUT2D eigenvalue weighted by atomic mass is 9.97. The molecule has 7 heteroatoms. The Morgan fingerprint density at radius 1 is 1.11 bits per heavy atom. The number of anilines is 1. The van der Waals surface area contributed by atoms with E-state index < -0.39 is 10.0 Å². The lowest BCUT2D eigenvalue weighted by Gasteiger charge is -2.20. The molecule has 0 heterocycles. The zero-order valence-electron chi connectivity index (χ0n) is 16.8. The number of nitrogens with zero attached hydrogens (tertiary/aromatic N) is 1. The minimum atomic E-state index is -3.62. The lowest BCUT2D eigenvalue weighted by molar-refractivity contribution is -0.116. The maximum atomic E-state index is 12.8. The Bertz CT molecular complexity index is 894. The van der Waals surface area contributed by atoms with Crippen LogP contribution in [0, 0.1) is 0 Å². The van der Waals surface area contributed by atoms with Gasteiger partial charge in [-0.25, -0.2) is 8.42 Å². The summed E-state index contributed by atoms with van der Waals surface area (Å²) < 4.78 is 32.2. The monoisotopic (exact) mass is 404 g/mol. The second-order valence-corrected chi connectivity index (χ2v) is 8.45. The largest absolute Gasteiger partial charge is 0.495 e. The summed E-state index contributed by atoms with van der Waals surface area (Å²) in [5.74, 6) is 0.251. The molecule has 28 heavy (non-hydrogen) atoms. The van der Waals surface area contributed by atoms with Gasteiger partial charge in [0.15, 0.2) is 0 Å². The molecule has 0 aliphatic carbocycles. The number of hydrogen-bond donors (Lipinski definition) is 1. The van der Waals surface area contributed by atoms with Gasteiger partial charge in [-0.2, -0.15) is 4.31 Å². The van der Waals surface area contributed by atoms with E-state index in [4.69, 9.17) is 4.74 Å². The van der Waals surface area contributed by atoms with E-state index in [9.17, 15) is 13.2 Å². The van der Waals surface area contributed by atoms with Gasteiger partial charge in [-0.3, -0.25) is 4.79 Å². The number of rotatable bonds is 9. The molecule has 2 aromatic rings. The first-order valence-corrected chi connectivity index (χ1v) is 10.8. The third-order valence-corrected chi connectivity index (χ3v) is 6.69. The third-order valence-electron chi connectivity index (χ3n) is 4.65. The SMILES string of the molecule is CCN(CC)S(=O)(=O)c1ccc(OC)c(NC(=O)C[C@H](C)c2ccccc2)c1. The molecule has 0 aliphatic rings. The van der Waals surface area contributed by atoms with Crippen molar-refractivity contribution in [3.05, 3.63) is 54.1 Å². The molecule has 6 nitrogen and oxygen atoms in total. The average Bonchev–Trinajstić information content (AvgIpc) is 2.69. The van der Waals surface area contributed by atoms with Gasteiger partial charge in [-0.15, -0.1) is 0 Å². The van der Waals surface area contributed by atoms with Crippen molar-refractivity contribution in [3.8, 4) is 5.75 Å². The van der Waals surface area contributed by atoms with Crippen molar-refractivity contribution in [1.29, 1.82) is 0 Å². The Balaban J connectivity index is 2.23. The summed E-state index contributed by atoms with van der Waals surface area (Å²) in [4.78, 5) is 12.7. The van der Waals surface area contributed by atoms with Gasteiger partial charge < -0.3 is 10.1 Å². The highest BCUT2D eigenvalue weighted by Gasteiger charge is 2.23. The molecule has 1 amide bonds. The number of nitrogens with one attached hydrogen (secondary N) is 1. The minimum Gasteiger partial charge on any atom is -0.495 e. The summed E-state index contributed by atoms with van der Waals surface area (Å²) in [6.45, 7) is 6.31. The summed E-state index contributed by atoms with van der Waals surface area (Å²) >= 11 is 0. The quantitative estimate of drug-likeness (QED) is 0.689. The summed E-state index contributed by atoms with van der Waals surface area (Å²) in [7, 11) is -2.14. The Hall–Kier alpha value is -2.38. The van der Waals surface area contributed by atoms with E-state index in [2.05, 4.69) is 5.32 Å². The van der Waals surface area contributed by atoms with Crippen molar-refractivity contribution in [2.24, 2.45) is 0 Å². The zero-order valence-corrected chi connectivity index (χ0v) is 17.6. The molecular formula is C21H28N2O4S. The van der Waals surface area contributed by atoms with Gasteiger partial charge in [-0.1, -0.05) is 51.1 Å². The zero-order chi connectivity index (χ0) is 20.7. The van der Waals surface area contributed by atoms with E-state index in [1.165, 1.54) is 23.5 Å². The first kappa shape index (κ1) is 21.9. The van der Waals surface area contributed by atoms with Crippen molar-refractivity contribution in [2.45, 2.75) is 38.0 Å². The van der Waals surface area contributed by atoms with Crippen molar-refractivity contribution >= 4 is 21.6 Å². The predicted octanol–water partition coefficient (Wildman–Crippen LogP) is 3.86. The Labute approximate surface area is 167 Å². The molecule has 2 aromatic carbocycles. The summed E-state index contributed by atoms with van der Waals surface area (Å²) in [5.41, 5.74) is 1.42. The molecule has 2 rings (SSSR count). The van der Waals surface area contributed by atoms with Crippen LogP contribution >= 0.6 is 0 Å². The van der Waals surface area contributed by atoms with Crippen LogP contribution in [0.15, 0.2) is 53.4 Å². The molecule has 0 bridgehead atoms. The van der Waals surface area contributed by atoms with Crippen molar-refractivity contribution in [1.82, 2.24) is 4.31 Å². The topological polar surface area (TPSA) is 75.7 Å². The van der Waals surface area contributed by atoms with Gasteiger partial charge >= 0.3 is 0 Å². The van der Waals surface area contributed by atoms with Crippen LogP contribution in [-0.4, -0.2) is 38.8 Å². The van der Waals surface area contributed by atoms with Crippen LogP contribution < -0.4 is 10.1 Å². The fourth-order valence-corrected chi connectivity index (χ4v) is 4.52. The number of ether oxygens (including phenoxy) is 1. The smallest absolute Gasteiger partial charge is 0.243 e. The second kappa shape index (κ2) is 9.71. The Kier molecular flexibility index (Phi) is 7.60. The fourth-order valence-electron chi connectivity index (χ4n) is 3.04. The van der Waals surface area contributed by atoms with E-state index in [0.717, 1.165) is 5.56 Å². The number of amides is 1. The number of carbonyl (C=O) groups excluding carboxylic acids is 1. The summed E-state index contributed by atoms with van der Waals surface area (Å²) in [6, 6.07) is 14.3. The predicted molar refractivity (Wildman–Crippen MR) is 111 cm³/mol. The molecule has 1 N–H and O–H groups in total. The highest BCUT2D eigenvalue weighted by atomic mass is 32.2. The maximum absolute atomic E-state index is 12.8. The molecule has 0 aliphatic heterocycles. The minimum absolute atomic E-state index is 0.0368. The van der Waals surface area contributed by atoms with Gasteiger partial charge in [0, 0.05) is 19.5 Å². The van der Waals surface area contributed by atoms with Gasteiger partial charge in [0.25, 0.3) is 0 Å². The van der Waals surface area contributed by atoms with Crippen LogP contribution in [0.25, 0.3) is 0 Å². The van der Waals surface area contributed by atoms with Gasteiger partial charge in [0.05, 0.1) is 17.7 Å². The molecule has 0 fully saturated rings. The fraction of sp³-hybridized carbons (Fsp3) is 0.381. The summed E-state index contributed by atoms with van der Waals surface area (Å²) in [6.07, 6.45) is 0.278. The van der Waals surface area contributed by atoms with E-state index in [-0.39, 0.29) is 23.1 Å². The van der Waals surface area contributed by atoms with Crippen LogP contribution in [0.3, 0.4) is 0 Å². The molecule has 0 saturated heterocycles.